The lowest BCUT2D eigenvalue weighted by Gasteiger charge is -2.11. The van der Waals surface area contributed by atoms with Crippen LogP contribution in [0.4, 0.5) is 5.82 Å². The maximum absolute atomic E-state index is 12.7. The molecule has 0 fully saturated rings. The quantitative estimate of drug-likeness (QED) is 0.488. The van der Waals surface area contributed by atoms with Crippen molar-refractivity contribution in [3.8, 4) is 5.82 Å². The van der Waals surface area contributed by atoms with Crippen molar-refractivity contribution in [2.75, 3.05) is 5.32 Å². The number of hydrogen-bond donors (Lipinski definition) is 1. The zero-order chi connectivity index (χ0) is 21.3. The van der Waals surface area contributed by atoms with Gasteiger partial charge in [-0.1, -0.05) is 35.3 Å². The zero-order valence-electron chi connectivity index (χ0n) is 16.3. The summed E-state index contributed by atoms with van der Waals surface area (Å²) in [5, 5.41) is 12.5. The van der Waals surface area contributed by atoms with Crippen LogP contribution in [-0.4, -0.2) is 30.5 Å². The molecule has 0 aliphatic rings. The number of nitrogens with one attached hydrogen (secondary N) is 1. The molecular weight excluding hydrogens is 423 g/mol. The molecule has 0 saturated heterocycles. The SMILES string of the molecule is Cc1cc(C)n(-c2ccc(C(=O)Nc3ccnn3Cc3cccc(Cl)c3Cl)cn2)n1. The normalized spacial score (nSPS) is 10.9. The van der Waals surface area contributed by atoms with Gasteiger partial charge in [-0.3, -0.25) is 4.79 Å². The predicted molar refractivity (Wildman–Crippen MR) is 117 cm³/mol. The maximum atomic E-state index is 12.7. The Morgan fingerprint density at radius 3 is 2.67 bits per heavy atom. The van der Waals surface area contributed by atoms with Crippen LogP contribution in [-0.2, 0) is 6.54 Å². The number of aromatic nitrogens is 5. The van der Waals surface area contributed by atoms with Gasteiger partial charge >= 0.3 is 0 Å². The van der Waals surface area contributed by atoms with Gasteiger partial charge in [0.15, 0.2) is 5.82 Å². The number of carbonyl (C=O) groups excluding carboxylic acids is 1. The number of rotatable bonds is 5. The summed E-state index contributed by atoms with van der Waals surface area (Å²) >= 11 is 12.3. The molecule has 4 aromatic rings. The van der Waals surface area contributed by atoms with Crippen LogP contribution in [0.15, 0.2) is 54.9 Å². The minimum atomic E-state index is -0.290. The van der Waals surface area contributed by atoms with Crippen molar-refractivity contribution in [3.63, 3.8) is 0 Å². The molecule has 1 amide bonds. The first-order valence-corrected chi connectivity index (χ1v) is 9.93. The van der Waals surface area contributed by atoms with E-state index >= 15 is 0 Å². The van der Waals surface area contributed by atoms with Gasteiger partial charge in [-0.2, -0.15) is 10.2 Å². The molecule has 3 heterocycles. The largest absolute Gasteiger partial charge is 0.307 e. The number of nitrogens with zero attached hydrogens (tertiary/aromatic N) is 5. The molecule has 0 spiro atoms. The summed E-state index contributed by atoms with van der Waals surface area (Å²) in [6.45, 7) is 4.25. The van der Waals surface area contributed by atoms with Crippen LogP contribution in [0.25, 0.3) is 5.82 Å². The van der Waals surface area contributed by atoms with Crippen LogP contribution < -0.4 is 5.32 Å². The van der Waals surface area contributed by atoms with Gasteiger partial charge in [0, 0.05) is 18.0 Å². The van der Waals surface area contributed by atoms with Crippen molar-refractivity contribution in [1.82, 2.24) is 24.5 Å². The van der Waals surface area contributed by atoms with Gasteiger partial charge in [0.1, 0.15) is 5.82 Å². The minimum Gasteiger partial charge on any atom is -0.307 e. The summed E-state index contributed by atoms with van der Waals surface area (Å²) in [7, 11) is 0. The van der Waals surface area contributed by atoms with Crippen LogP contribution in [0, 0.1) is 13.8 Å². The first kappa shape index (κ1) is 20.1. The Bertz CT molecular complexity index is 1210. The Balaban J connectivity index is 1.50. The monoisotopic (exact) mass is 440 g/mol. The topological polar surface area (TPSA) is 77.6 Å². The van der Waals surface area contributed by atoms with E-state index in [0.29, 0.717) is 33.8 Å². The van der Waals surface area contributed by atoms with E-state index in [0.717, 1.165) is 17.0 Å². The lowest BCUT2D eigenvalue weighted by molar-refractivity contribution is 0.102. The van der Waals surface area contributed by atoms with Crippen molar-refractivity contribution in [1.29, 1.82) is 0 Å². The highest BCUT2D eigenvalue weighted by Gasteiger charge is 2.13. The Kier molecular flexibility index (Phi) is 5.57. The molecule has 9 heteroatoms. The Labute approximate surface area is 183 Å². The van der Waals surface area contributed by atoms with Crippen LogP contribution in [0.5, 0.6) is 0 Å². The Morgan fingerprint density at radius 1 is 1.13 bits per heavy atom. The van der Waals surface area contributed by atoms with E-state index in [4.69, 9.17) is 23.2 Å². The number of halogens is 2. The number of amides is 1. The van der Waals surface area contributed by atoms with E-state index in [1.165, 1.54) is 6.20 Å². The zero-order valence-corrected chi connectivity index (χ0v) is 17.8. The second kappa shape index (κ2) is 8.30. The molecule has 0 atom stereocenters. The summed E-state index contributed by atoms with van der Waals surface area (Å²) < 4.78 is 3.38. The molecule has 0 saturated carbocycles. The van der Waals surface area contributed by atoms with Crippen LogP contribution >= 0.6 is 23.2 Å². The van der Waals surface area contributed by atoms with Crippen molar-refractivity contribution < 1.29 is 4.79 Å². The lowest BCUT2D eigenvalue weighted by Crippen LogP contribution is -2.17. The molecule has 30 heavy (non-hydrogen) atoms. The number of benzene rings is 1. The van der Waals surface area contributed by atoms with Crippen molar-refractivity contribution in [2.45, 2.75) is 20.4 Å². The Hall–Kier alpha value is -3.16. The standard InChI is InChI=1S/C21H18Cl2N6O/c1-13-10-14(2)29(27-13)18-7-6-15(11-24-18)21(30)26-19-8-9-25-28(19)12-16-4-3-5-17(22)20(16)23/h3-11H,12H2,1-2H3,(H,26,30). The highest BCUT2D eigenvalue weighted by Crippen LogP contribution is 2.26. The summed E-state index contributed by atoms with van der Waals surface area (Å²) in [5.41, 5.74) is 3.11. The van der Waals surface area contributed by atoms with E-state index in [9.17, 15) is 4.79 Å². The minimum absolute atomic E-state index is 0.290. The molecular formula is C21H18Cl2N6O. The summed E-state index contributed by atoms with van der Waals surface area (Å²) in [6, 6.07) is 12.6. The van der Waals surface area contributed by atoms with Gasteiger partial charge in [0.2, 0.25) is 0 Å². The van der Waals surface area contributed by atoms with E-state index in [2.05, 4.69) is 20.5 Å². The van der Waals surface area contributed by atoms with E-state index < -0.39 is 0 Å². The second-order valence-corrected chi connectivity index (χ2v) is 7.57. The predicted octanol–water partition coefficient (Wildman–Crippen LogP) is 4.69. The fraction of sp³-hybridized carbons (Fsp3) is 0.143. The maximum Gasteiger partial charge on any atom is 0.258 e. The van der Waals surface area contributed by atoms with Crippen molar-refractivity contribution in [2.24, 2.45) is 0 Å². The third-order valence-electron chi connectivity index (χ3n) is 4.55. The molecule has 0 aliphatic heterocycles. The number of carbonyl (C=O) groups is 1. The molecule has 4 rings (SSSR count). The molecule has 3 aromatic heterocycles. The molecule has 0 aliphatic carbocycles. The van der Waals surface area contributed by atoms with Gasteiger partial charge in [-0.15, -0.1) is 0 Å². The summed E-state index contributed by atoms with van der Waals surface area (Å²) in [6.07, 6.45) is 3.13. The number of pyridine rings is 1. The third-order valence-corrected chi connectivity index (χ3v) is 5.40. The van der Waals surface area contributed by atoms with Crippen molar-refractivity contribution in [3.05, 3.63) is 87.4 Å². The first-order chi connectivity index (χ1) is 14.4. The highest BCUT2D eigenvalue weighted by molar-refractivity contribution is 6.42. The van der Waals surface area contributed by atoms with Crippen LogP contribution in [0.1, 0.15) is 27.3 Å². The smallest absolute Gasteiger partial charge is 0.258 e. The van der Waals surface area contributed by atoms with Gasteiger partial charge < -0.3 is 5.32 Å². The Morgan fingerprint density at radius 2 is 1.97 bits per heavy atom. The molecule has 1 aromatic carbocycles. The third kappa shape index (κ3) is 4.08. The summed E-state index contributed by atoms with van der Waals surface area (Å²) in [5.74, 6) is 0.901. The molecule has 0 unspecified atom stereocenters. The van der Waals surface area contributed by atoms with E-state index in [-0.39, 0.29) is 5.91 Å². The van der Waals surface area contributed by atoms with E-state index in [1.54, 1.807) is 39.8 Å². The molecule has 7 nitrogen and oxygen atoms in total. The van der Waals surface area contributed by atoms with Gasteiger partial charge in [0.25, 0.3) is 5.91 Å². The number of aryl methyl sites for hydroxylation is 2. The fourth-order valence-electron chi connectivity index (χ4n) is 3.09. The fourth-order valence-corrected chi connectivity index (χ4v) is 3.47. The van der Waals surface area contributed by atoms with Gasteiger partial charge in [-0.25, -0.2) is 14.3 Å². The molecule has 0 radical (unpaired) electrons. The number of anilines is 1. The van der Waals surface area contributed by atoms with Gasteiger partial charge in [0.05, 0.1) is 34.0 Å². The number of hydrogen-bond acceptors (Lipinski definition) is 4. The van der Waals surface area contributed by atoms with Crippen LogP contribution in [0.3, 0.4) is 0 Å². The molecule has 152 valence electrons. The second-order valence-electron chi connectivity index (χ2n) is 6.79. The first-order valence-electron chi connectivity index (χ1n) is 9.18. The molecule has 1 N–H and O–H groups in total. The average Bonchev–Trinajstić information content (AvgIpc) is 3.30. The van der Waals surface area contributed by atoms with Gasteiger partial charge in [-0.05, 0) is 43.7 Å². The van der Waals surface area contributed by atoms with Crippen molar-refractivity contribution >= 4 is 34.9 Å². The lowest BCUT2D eigenvalue weighted by atomic mass is 10.2. The van der Waals surface area contributed by atoms with Crippen LogP contribution in [0.2, 0.25) is 10.0 Å². The highest BCUT2D eigenvalue weighted by atomic mass is 35.5. The van der Waals surface area contributed by atoms with E-state index in [1.807, 2.05) is 32.0 Å². The average molecular weight is 441 g/mol. The summed E-state index contributed by atoms with van der Waals surface area (Å²) in [4.78, 5) is 17.1. The molecule has 0 bridgehead atoms.